The Bertz CT molecular complexity index is 991. The highest BCUT2D eigenvalue weighted by Crippen LogP contribution is 2.67. The lowest BCUT2D eigenvalue weighted by Crippen LogP contribution is -2.57. The number of oxime groups is 1. The van der Waals surface area contributed by atoms with Crippen molar-refractivity contribution in [2.45, 2.75) is 96.8 Å². The molecular weight excluding hydrogens is 464 g/mol. The van der Waals surface area contributed by atoms with Crippen LogP contribution in [0.25, 0.3) is 0 Å². The van der Waals surface area contributed by atoms with E-state index in [0.717, 1.165) is 50.7 Å². The molecule has 0 unspecified atom stereocenters. The number of ketones is 1. The van der Waals surface area contributed by atoms with Crippen LogP contribution in [0.5, 0.6) is 0 Å². The molecule has 0 heterocycles. The Morgan fingerprint density at radius 2 is 1.83 bits per heavy atom. The average molecular weight is 505 g/mol. The van der Waals surface area contributed by atoms with Crippen LogP contribution in [0, 0.1) is 28.6 Å². The highest BCUT2D eigenvalue weighted by atomic mass is 16.6. The van der Waals surface area contributed by atoms with Gasteiger partial charge in [0.25, 0.3) is 5.91 Å². The Hall–Kier alpha value is -2.26. The normalized spacial score (nSPS) is 40.2. The van der Waals surface area contributed by atoms with Gasteiger partial charge in [0, 0.05) is 5.41 Å². The molecule has 4 N–H and O–H groups in total. The molecule has 8 atom stereocenters. The Morgan fingerprint density at radius 3 is 2.47 bits per heavy atom. The number of rotatable bonds is 7. The molecule has 9 heteroatoms. The van der Waals surface area contributed by atoms with Gasteiger partial charge in [-0.05, 0) is 94.5 Å². The first kappa shape index (κ1) is 26.8. The molecule has 200 valence electrons. The van der Waals surface area contributed by atoms with Gasteiger partial charge < -0.3 is 25.5 Å². The summed E-state index contributed by atoms with van der Waals surface area (Å²) >= 11 is 0. The molecule has 36 heavy (non-hydrogen) atoms. The number of fused-ring (bicyclic) bond motifs is 5. The maximum Gasteiger partial charge on any atom is 0.328 e. The van der Waals surface area contributed by atoms with E-state index in [2.05, 4.69) is 30.4 Å². The summed E-state index contributed by atoms with van der Waals surface area (Å²) in [6, 6.07) is -1.40. The van der Waals surface area contributed by atoms with Crippen molar-refractivity contribution in [3.8, 4) is 0 Å². The molecule has 9 nitrogen and oxygen atoms in total. The van der Waals surface area contributed by atoms with E-state index in [0.29, 0.717) is 24.2 Å². The average Bonchev–Trinajstić information content (AvgIpc) is 3.09. The number of carboxylic acid groups (broad SMARTS) is 1. The van der Waals surface area contributed by atoms with E-state index >= 15 is 0 Å². The minimum absolute atomic E-state index is 0.0452. The van der Waals surface area contributed by atoms with Gasteiger partial charge in [-0.3, -0.25) is 9.59 Å². The van der Waals surface area contributed by atoms with Gasteiger partial charge in [0.2, 0.25) is 0 Å². The molecule has 3 saturated carbocycles. The second-order valence-electron chi connectivity index (χ2n) is 11.9. The molecule has 0 radical (unpaired) electrons. The van der Waals surface area contributed by atoms with Crippen LogP contribution < -0.4 is 5.32 Å². The van der Waals surface area contributed by atoms with Gasteiger partial charge in [-0.15, -0.1) is 0 Å². The molecular formula is C27H40N2O7. The van der Waals surface area contributed by atoms with E-state index in [-0.39, 0.29) is 16.6 Å². The first-order valence-electron chi connectivity index (χ1n) is 13.2. The van der Waals surface area contributed by atoms with Crippen molar-refractivity contribution in [2.24, 2.45) is 33.7 Å². The number of aliphatic carboxylic acids is 1. The highest BCUT2D eigenvalue weighted by Gasteiger charge is 2.65. The number of carboxylic acids is 1. The van der Waals surface area contributed by atoms with Crippen LogP contribution in [0.2, 0.25) is 0 Å². The van der Waals surface area contributed by atoms with Crippen LogP contribution in [0.15, 0.2) is 16.8 Å². The van der Waals surface area contributed by atoms with Crippen molar-refractivity contribution in [3.05, 3.63) is 11.6 Å². The van der Waals surface area contributed by atoms with E-state index in [9.17, 15) is 24.6 Å². The summed E-state index contributed by atoms with van der Waals surface area (Å²) in [5.41, 5.74) is 0.622. The molecule has 0 saturated heterocycles. The number of nitrogens with zero attached hydrogens (tertiary/aromatic N) is 1. The van der Waals surface area contributed by atoms with E-state index in [4.69, 9.17) is 9.94 Å². The Balaban J connectivity index is 1.42. The summed E-state index contributed by atoms with van der Waals surface area (Å²) in [7, 11) is 0. The smallest absolute Gasteiger partial charge is 0.328 e. The molecule has 0 spiro atoms. The predicted octanol–water partition coefficient (Wildman–Crippen LogP) is 2.59. The summed E-state index contributed by atoms with van der Waals surface area (Å²) in [4.78, 5) is 40.8. The van der Waals surface area contributed by atoms with Crippen molar-refractivity contribution in [1.29, 1.82) is 0 Å². The van der Waals surface area contributed by atoms with E-state index < -0.39 is 36.2 Å². The molecule has 4 aliphatic rings. The van der Waals surface area contributed by atoms with Crippen molar-refractivity contribution >= 4 is 23.4 Å². The molecule has 0 aromatic heterocycles. The van der Waals surface area contributed by atoms with Crippen molar-refractivity contribution in [1.82, 2.24) is 5.32 Å². The van der Waals surface area contributed by atoms with Crippen molar-refractivity contribution in [2.75, 3.05) is 6.61 Å². The zero-order chi connectivity index (χ0) is 26.5. The summed E-state index contributed by atoms with van der Waals surface area (Å²) in [5, 5.41) is 36.3. The molecule has 0 bridgehead atoms. The molecule has 0 aliphatic heterocycles. The van der Waals surface area contributed by atoms with E-state index in [1.165, 1.54) is 19.4 Å². The first-order valence-corrected chi connectivity index (χ1v) is 13.2. The van der Waals surface area contributed by atoms with Crippen LogP contribution in [0.1, 0.15) is 79.1 Å². The first-order chi connectivity index (χ1) is 16.8. The lowest BCUT2D eigenvalue weighted by atomic mass is 9.46. The summed E-state index contributed by atoms with van der Waals surface area (Å²) in [6.07, 6.45) is 7.83. The van der Waals surface area contributed by atoms with E-state index in [1.807, 2.05) is 0 Å². The highest BCUT2D eigenvalue weighted by molar-refractivity contribution is 5.96. The molecule has 1 amide bonds. The maximum atomic E-state index is 12.4. The third-order valence-corrected chi connectivity index (χ3v) is 10.2. The van der Waals surface area contributed by atoms with Crippen LogP contribution in [-0.4, -0.2) is 63.0 Å². The van der Waals surface area contributed by atoms with Gasteiger partial charge in [0.15, 0.2) is 18.4 Å². The summed E-state index contributed by atoms with van der Waals surface area (Å²) < 4.78 is 0. The van der Waals surface area contributed by atoms with Crippen molar-refractivity contribution in [3.63, 3.8) is 0 Å². The zero-order valence-electron chi connectivity index (χ0n) is 21.7. The van der Waals surface area contributed by atoms with Gasteiger partial charge in [-0.2, -0.15) is 0 Å². The standard InChI is InChI=1S/C27H40N2O7/c1-15(30)23(24(33)34)28-22(32)14-36-29-18-7-10-25(3)17(13-18)5-6-19-20(25)8-11-26(4)21(19)9-12-27(26,35)16(2)31/h13,15,19-21,23,30,35H,5-12,14H2,1-4H3,(H,28,32)(H,33,34)/b29-18+/t15-,19-,20+,21+,23-,25+,26+,27+/m1/s1. The monoisotopic (exact) mass is 504 g/mol. The van der Waals surface area contributed by atoms with Gasteiger partial charge in [0.05, 0.1) is 11.8 Å². The fourth-order valence-electron chi connectivity index (χ4n) is 8.01. The Morgan fingerprint density at radius 1 is 1.14 bits per heavy atom. The molecule has 3 fully saturated rings. The minimum atomic E-state index is -1.40. The van der Waals surface area contributed by atoms with Gasteiger partial charge >= 0.3 is 5.97 Å². The van der Waals surface area contributed by atoms with Gasteiger partial charge in [-0.1, -0.05) is 24.6 Å². The topological polar surface area (TPSA) is 146 Å². The SMILES string of the molecule is CC(=O)[C@@]1(O)CC[C@H]2[C@@H]3CCC4=C/C(=N/OCC(=O)N[C@@H](C(=O)O)[C@@H](C)O)CC[C@]4(C)[C@H]3CC[C@@]21C. The third-order valence-electron chi connectivity index (χ3n) is 10.2. The number of carbonyl (C=O) groups is 3. The fraction of sp³-hybridized carbons (Fsp3) is 0.778. The van der Waals surface area contributed by atoms with Crippen LogP contribution in [-0.2, 0) is 19.2 Å². The van der Waals surface area contributed by atoms with Crippen LogP contribution in [0.4, 0.5) is 0 Å². The number of carbonyl (C=O) groups excluding carboxylic acids is 2. The van der Waals surface area contributed by atoms with Crippen molar-refractivity contribution < 1.29 is 34.5 Å². The Labute approximate surface area is 212 Å². The number of Topliss-reactive ketones (excluding diaryl/α,β-unsaturated/α-hetero) is 1. The van der Waals surface area contributed by atoms with Gasteiger partial charge in [0.1, 0.15) is 5.60 Å². The lowest BCUT2D eigenvalue weighted by molar-refractivity contribution is -0.159. The summed E-state index contributed by atoms with van der Waals surface area (Å²) in [5.74, 6) is -0.709. The Kier molecular flexibility index (Phi) is 7.11. The number of hydrogen-bond donors (Lipinski definition) is 4. The number of nitrogens with one attached hydrogen (secondary N) is 1. The summed E-state index contributed by atoms with van der Waals surface area (Å²) in [6.45, 7) is 6.88. The number of hydrogen-bond acceptors (Lipinski definition) is 7. The second kappa shape index (κ2) is 9.56. The molecule has 0 aromatic carbocycles. The maximum absolute atomic E-state index is 12.4. The van der Waals surface area contributed by atoms with Crippen LogP contribution in [0.3, 0.4) is 0 Å². The van der Waals surface area contributed by atoms with Crippen LogP contribution >= 0.6 is 0 Å². The largest absolute Gasteiger partial charge is 0.480 e. The molecule has 4 rings (SSSR count). The number of aliphatic hydroxyl groups excluding tert-OH is 1. The molecule has 0 aromatic rings. The van der Waals surface area contributed by atoms with E-state index in [1.54, 1.807) is 0 Å². The predicted molar refractivity (Wildman–Crippen MR) is 132 cm³/mol. The quantitative estimate of drug-likeness (QED) is 0.390. The molecule has 4 aliphatic carbocycles. The number of amides is 1. The zero-order valence-corrected chi connectivity index (χ0v) is 21.7. The second-order valence-corrected chi connectivity index (χ2v) is 11.9. The fourth-order valence-corrected chi connectivity index (χ4v) is 8.01. The minimum Gasteiger partial charge on any atom is -0.480 e. The van der Waals surface area contributed by atoms with Gasteiger partial charge in [-0.25, -0.2) is 4.79 Å². The number of aliphatic hydroxyl groups is 2. The lowest BCUT2D eigenvalue weighted by Gasteiger charge is -2.59. The third kappa shape index (κ3) is 4.28. The number of allylic oxidation sites excluding steroid dienone is 2.